The van der Waals surface area contributed by atoms with Crippen LogP contribution < -0.4 is 19.7 Å². The second-order valence-electron chi connectivity index (χ2n) is 6.50. The zero-order valence-corrected chi connectivity index (χ0v) is 15.2. The van der Waals surface area contributed by atoms with Crippen molar-refractivity contribution >= 4 is 11.6 Å². The maximum atomic E-state index is 5.35. The fourth-order valence-corrected chi connectivity index (χ4v) is 3.20. The van der Waals surface area contributed by atoms with Gasteiger partial charge in [-0.05, 0) is 36.5 Å². The summed E-state index contributed by atoms with van der Waals surface area (Å²) >= 11 is 0. The lowest BCUT2D eigenvalue weighted by atomic mass is 10.0. The summed E-state index contributed by atoms with van der Waals surface area (Å²) in [7, 11) is 3.28. The summed E-state index contributed by atoms with van der Waals surface area (Å²) in [4.78, 5) is 11.1. The van der Waals surface area contributed by atoms with Gasteiger partial charge < -0.3 is 19.7 Å². The van der Waals surface area contributed by atoms with E-state index in [9.17, 15) is 0 Å². The SMILES string of the molecule is COc1ccc(CNc2cc(N3CCCC(C)C3)ncn2)cc1OC. The van der Waals surface area contributed by atoms with Crippen LogP contribution in [0.5, 0.6) is 11.5 Å². The van der Waals surface area contributed by atoms with Crippen LogP contribution in [0.1, 0.15) is 25.3 Å². The quantitative estimate of drug-likeness (QED) is 0.869. The number of anilines is 2. The number of methoxy groups -OCH3 is 2. The fraction of sp³-hybridized carbons (Fsp3) is 0.474. The zero-order chi connectivity index (χ0) is 17.6. The van der Waals surface area contributed by atoms with Crippen LogP contribution in [0.4, 0.5) is 11.6 Å². The lowest BCUT2D eigenvalue weighted by molar-refractivity contribution is 0.354. The van der Waals surface area contributed by atoms with Gasteiger partial charge in [-0.25, -0.2) is 9.97 Å². The Hall–Kier alpha value is -2.50. The number of benzene rings is 1. The molecule has 6 heteroatoms. The van der Waals surface area contributed by atoms with Crippen LogP contribution in [0.2, 0.25) is 0 Å². The average Bonchev–Trinajstić information content (AvgIpc) is 2.66. The van der Waals surface area contributed by atoms with Crippen molar-refractivity contribution in [2.75, 3.05) is 37.5 Å². The molecule has 1 aliphatic rings. The van der Waals surface area contributed by atoms with Crippen LogP contribution in [-0.4, -0.2) is 37.3 Å². The highest BCUT2D eigenvalue weighted by Gasteiger charge is 2.17. The standard InChI is InChI=1S/C19H26N4O2/c1-14-5-4-8-23(12-14)19-10-18(21-13-22-19)20-11-15-6-7-16(24-2)17(9-15)25-3/h6-7,9-10,13-14H,4-5,8,11-12H2,1-3H3,(H,20,21,22). The molecule has 25 heavy (non-hydrogen) atoms. The first kappa shape index (κ1) is 17.3. The highest BCUT2D eigenvalue weighted by molar-refractivity contribution is 5.50. The smallest absolute Gasteiger partial charge is 0.161 e. The molecule has 0 aliphatic carbocycles. The second-order valence-corrected chi connectivity index (χ2v) is 6.50. The topological polar surface area (TPSA) is 59.5 Å². The molecule has 2 aromatic rings. The van der Waals surface area contributed by atoms with Gasteiger partial charge in [0.1, 0.15) is 18.0 Å². The number of rotatable bonds is 6. The third-order valence-corrected chi connectivity index (χ3v) is 4.56. The first-order valence-electron chi connectivity index (χ1n) is 8.71. The number of hydrogen-bond donors (Lipinski definition) is 1. The predicted octanol–water partition coefficient (Wildman–Crippen LogP) is 3.34. The van der Waals surface area contributed by atoms with Gasteiger partial charge in [-0.1, -0.05) is 13.0 Å². The van der Waals surface area contributed by atoms with Gasteiger partial charge in [-0.15, -0.1) is 0 Å². The van der Waals surface area contributed by atoms with Gasteiger partial charge in [0, 0.05) is 25.7 Å². The minimum absolute atomic E-state index is 0.660. The highest BCUT2D eigenvalue weighted by Crippen LogP contribution is 2.28. The molecular weight excluding hydrogens is 316 g/mol. The number of hydrogen-bond acceptors (Lipinski definition) is 6. The number of aromatic nitrogens is 2. The van der Waals surface area contributed by atoms with Crippen molar-refractivity contribution in [3.8, 4) is 11.5 Å². The number of piperidine rings is 1. The molecule has 1 aliphatic heterocycles. The number of nitrogens with one attached hydrogen (secondary N) is 1. The van der Waals surface area contributed by atoms with Gasteiger partial charge in [0.15, 0.2) is 11.5 Å². The average molecular weight is 342 g/mol. The molecule has 0 saturated carbocycles. The molecule has 3 rings (SSSR count). The Morgan fingerprint density at radius 2 is 2.00 bits per heavy atom. The second kappa shape index (κ2) is 8.05. The van der Waals surface area contributed by atoms with E-state index in [4.69, 9.17) is 9.47 Å². The normalized spacial score (nSPS) is 17.2. The Kier molecular flexibility index (Phi) is 5.58. The van der Waals surface area contributed by atoms with E-state index < -0.39 is 0 Å². The van der Waals surface area contributed by atoms with Crippen molar-refractivity contribution in [1.29, 1.82) is 0 Å². The molecule has 1 saturated heterocycles. The Morgan fingerprint density at radius 1 is 1.16 bits per heavy atom. The summed E-state index contributed by atoms with van der Waals surface area (Å²) in [6, 6.07) is 7.93. The van der Waals surface area contributed by atoms with Crippen LogP contribution in [0.15, 0.2) is 30.6 Å². The summed E-state index contributed by atoms with van der Waals surface area (Å²) in [6.07, 6.45) is 4.15. The van der Waals surface area contributed by atoms with Gasteiger partial charge in [-0.2, -0.15) is 0 Å². The molecule has 0 radical (unpaired) electrons. The van der Waals surface area contributed by atoms with E-state index >= 15 is 0 Å². The van der Waals surface area contributed by atoms with Crippen LogP contribution in [-0.2, 0) is 6.54 Å². The van der Waals surface area contributed by atoms with E-state index in [0.717, 1.165) is 41.8 Å². The van der Waals surface area contributed by atoms with E-state index in [1.165, 1.54) is 12.8 Å². The molecule has 1 unspecified atom stereocenters. The van der Waals surface area contributed by atoms with Crippen molar-refractivity contribution in [3.63, 3.8) is 0 Å². The highest BCUT2D eigenvalue weighted by atomic mass is 16.5. The Labute approximate surface area is 149 Å². The van der Waals surface area contributed by atoms with Crippen molar-refractivity contribution in [2.45, 2.75) is 26.3 Å². The summed E-state index contributed by atoms with van der Waals surface area (Å²) in [5.74, 6) is 4.00. The lowest BCUT2D eigenvalue weighted by Gasteiger charge is -2.31. The first-order valence-corrected chi connectivity index (χ1v) is 8.71. The van der Waals surface area contributed by atoms with E-state index in [-0.39, 0.29) is 0 Å². The number of nitrogens with zero attached hydrogens (tertiary/aromatic N) is 3. The molecular formula is C19H26N4O2. The monoisotopic (exact) mass is 342 g/mol. The zero-order valence-electron chi connectivity index (χ0n) is 15.2. The number of ether oxygens (including phenoxy) is 2. The van der Waals surface area contributed by atoms with E-state index in [1.807, 2.05) is 24.3 Å². The Balaban J connectivity index is 1.66. The molecule has 1 aromatic carbocycles. The fourth-order valence-electron chi connectivity index (χ4n) is 3.20. The summed E-state index contributed by atoms with van der Waals surface area (Å²) < 4.78 is 10.6. The van der Waals surface area contributed by atoms with E-state index in [2.05, 4.69) is 27.1 Å². The molecule has 0 amide bonds. The van der Waals surface area contributed by atoms with Crippen LogP contribution in [0.3, 0.4) is 0 Å². The van der Waals surface area contributed by atoms with Gasteiger partial charge >= 0.3 is 0 Å². The molecule has 2 heterocycles. The van der Waals surface area contributed by atoms with Crippen LogP contribution >= 0.6 is 0 Å². The van der Waals surface area contributed by atoms with Crippen molar-refractivity contribution < 1.29 is 9.47 Å². The maximum absolute atomic E-state index is 5.35. The predicted molar refractivity (Wildman–Crippen MR) is 99.5 cm³/mol. The Morgan fingerprint density at radius 3 is 2.76 bits per heavy atom. The molecule has 6 nitrogen and oxygen atoms in total. The maximum Gasteiger partial charge on any atom is 0.161 e. The van der Waals surface area contributed by atoms with Gasteiger partial charge in [0.25, 0.3) is 0 Å². The lowest BCUT2D eigenvalue weighted by Crippen LogP contribution is -2.34. The van der Waals surface area contributed by atoms with Crippen LogP contribution in [0, 0.1) is 5.92 Å². The molecule has 0 bridgehead atoms. The third kappa shape index (κ3) is 4.32. The molecule has 1 fully saturated rings. The minimum Gasteiger partial charge on any atom is -0.493 e. The summed E-state index contributed by atoms with van der Waals surface area (Å²) in [5.41, 5.74) is 1.10. The largest absolute Gasteiger partial charge is 0.493 e. The van der Waals surface area contributed by atoms with E-state index in [1.54, 1.807) is 20.5 Å². The third-order valence-electron chi connectivity index (χ3n) is 4.56. The minimum atomic E-state index is 0.660. The van der Waals surface area contributed by atoms with Gasteiger partial charge in [-0.3, -0.25) is 0 Å². The summed E-state index contributed by atoms with van der Waals surface area (Å²) in [5, 5.41) is 3.37. The van der Waals surface area contributed by atoms with Crippen LogP contribution in [0.25, 0.3) is 0 Å². The molecule has 0 spiro atoms. The van der Waals surface area contributed by atoms with Gasteiger partial charge in [0.05, 0.1) is 14.2 Å². The van der Waals surface area contributed by atoms with Gasteiger partial charge in [0.2, 0.25) is 0 Å². The van der Waals surface area contributed by atoms with Crippen molar-refractivity contribution in [3.05, 3.63) is 36.2 Å². The summed E-state index contributed by atoms with van der Waals surface area (Å²) in [6.45, 7) is 5.08. The molecule has 1 aromatic heterocycles. The van der Waals surface area contributed by atoms with Crippen molar-refractivity contribution in [2.24, 2.45) is 5.92 Å². The molecule has 1 atom stereocenters. The Bertz CT molecular complexity index is 708. The van der Waals surface area contributed by atoms with E-state index in [0.29, 0.717) is 12.5 Å². The van der Waals surface area contributed by atoms with Crippen molar-refractivity contribution in [1.82, 2.24) is 9.97 Å². The molecule has 134 valence electrons. The first-order chi connectivity index (χ1) is 12.2. The molecule has 1 N–H and O–H groups in total.